The molecule has 0 fully saturated rings. The zero-order chi connectivity index (χ0) is 13.4. The van der Waals surface area contributed by atoms with Crippen LogP contribution < -0.4 is 10.1 Å². The van der Waals surface area contributed by atoms with Crippen molar-refractivity contribution in [3.8, 4) is 17.7 Å². The van der Waals surface area contributed by atoms with Gasteiger partial charge in [0.2, 0.25) is 5.88 Å². The third-order valence-electron chi connectivity index (χ3n) is 2.85. The number of nitrogens with one attached hydrogen (secondary N) is 1. The van der Waals surface area contributed by atoms with Gasteiger partial charge in [0.25, 0.3) is 0 Å². The van der Waals surface area contributed by atoms with E-state index >= 15 is 0 Å². The zero-order valence-corrected chi connectivity index (χ0v) is 11.5. The first-order valence-corrected chi connectivity index (χ1v) is 6.21. The molecule has 1 heterocycles. The van der Waals surface area contributed by atoms with Gasteiger partial charge in [-0.15, -0.1) is 5.92 Å². The Kier molecular flexibility index (Phi) is 5.99. The molecule has 0 spiro atoms. The van der Waals surface area contributed by atoms with Crippen LogP contribution in [0.15, 0.2) is 12.4 Å². The molecule has 98 valence electrons. The summed E-state index contributed by atoms with van der Waals surface area (Å²) in [5.74, 6) is 8.18. The molecule has 0 amide bonds. The SMILES string of the molecule is CC#CCOc1cc(NCC(C)C(C)C)ncn1. The molecule has 0 aliphatic heterocycles. The first kappa shape index (κ1) is 14.3. The summed E-state index contributed by atoms with van der Waals surface area (Å²) in [5.41, 5.74) is 0. The van der Waals surface area contributed by atoms with Gasteiger partial charge in [-0.1, -0.05) is 26.7 Å². The van der Waals surface area contributed by atoms with E-state index in [0.29, 0.717) is 24.3 Å². The van der Waals surface area contributed by atoms with Crippen molar-refractivity contribution < 1.29 is 4.74 Å². The molecule has 1 aromatic heterocycles. The maximum Gasteiger partial charge on any atom is 0.219 e. The highest BCUT2D eigenvalue weighted by molar-refractivity contribution is 5.37. The molecule has 0 aromatic carbocycles. The van der Waals surface area contributed by atoms with Crippen LogP contribution in [0, 0.1) is 23.7 Å². The number of rotatable bonds is 6. The Morgan fingerprint density at radius 1 is 1.33 bits per heavy atom. The highest BCUT2D eigenvalue weighted by Crippen LogP contribution is 2.14. The molecule has 0 aliphatic rings. The Morgan fingerprint density at radius 2 is 2.11 bits per heavy atom. The fourth-order valence-corrected chi connectivity index (χ4v) is 1.20. The highest BCUT2D eigenvalue weighted by Gasteiger charge is 2.07. The molecule has 4 heteroatoms. The third kappa shape index (κ3) is 5.05. The van der Waals surface area contributed by atoms with Crippen LogP contribution in [0.4, 0.5) is 5.82 Å². The summed E-state index contributed by atoms with van der Waals surface area (Å²) in [4.78, 5) is 8.19. The number of aromatic nitrogens is 2. The van der Waals surface area contributed by atoms with Crippen LogP contribution in [0.2, 0.25) is 0 Å². The molecule has 1 rings (SSSR count). The molecular formula is C14H21N3O. The van der Waals surface area contributed by atoms with E-state index in [1.54, 1.807) is 13.0 Å². The van der Waals surface area contributed by atoms with E-state index in [1.165, 1.54) is 6.33 Å². The van der Waals surface area contributed by atoms with Crippen LogP contribution in [-0.2, 0) is 0 Å². The maximum atomic E-state index is 5.38. The minimum atomic E-state index is 0.356. The Labute approximate surface area is 109 Å². The second-order valence-corrected chi connectivity index (χ2v) is 4.56. The Bertz CT molecular complexity index is 421. The molecular weight excluding hydrogens is 226 g/mol. The average molecular weight is 247 g/mol. The molecule has 1 aromatic rings. The van der Waals surface area contributed by atoms with Crippen LogP contribution >= 0.6 is 0 Å². The van der Waals surface area contributed by atoms with Crippen molar-refractivity contribution >= 4 is 5.82 Å². The van der Waals surface area contributed by atoms with E-state index in [0.717, 1.165) is 12.4 Å². The van der Waals surface area contributed by atoms with Gasteiger partial charge in [0.05, 0.1) is 0 Å². The van der Waals surface area contributed by atoms with Crippen LogP contribution in [0.5, 0.6) is 5.88 Å². The lowest BCUT2D eigenvalue weighted by Crippen LogP contribution is -2.16. The first-order valence-electron chi connectivity index (χ1n) is 6.21. The van der Waals surface area contributed by atoms with Crippen LogP contribution in [-0.4, -0.2) is 23.1 Å². The van der Waals surface area contributed by atoms with Crippen molar-refractivity contribution in [2.45, 2.75) is 27.7 Å². The minimum absolute atomic E-state index is 0.356. The molecule has 1 atom stereocenters. The number of nitrogens with zero attached hydrogens (tertiary/aromatic N) is 2. The fourth-order valence-electron chi connectivity index (χ4n) is 1.20. The molecule has 0 saturated carbocycles. The van der Waals surface area contributed by atoms with Gasteiger partial charge in [-0.25, -0.2) is 9.97 Å². The molecule has 4 nitrogen and oxygen atoms in total. The summed E-state index contributed by atoms with van der Waals surface area (Å²) in [5, 5.41) is 3.29. The largest absolute Gasteiger partial charge is 0.464 e. The summed E-state index contributed by atoms with van der Waals surface area (Å²) in [7, 11) is 0. The molecule has 0 aliphatic carbocycles. The van der Waals surface area contributed by atoms with E-state index in [2.05, 4.69) is 47.9 Å². The second kappa shape index (κ2) is 7.54. The standard InChI is InChI=1S/C14H21N3O/c1-5-6-7-18-14-8-13(16-10-17-14)15-9-12(4)11(2)3/h8,10-12H,7,9H2,1-4H3,(H,15,16,17). The van der Waals surface area contributed by atoms with Gasteiger partial charge in [0, 0.05) is 12.6 Å². The van der Waals surface area contributed by atoms with Crippen molar-refractivity contribution in [3.05, 3.63) is 12.4 Å². The maximum absolute atomic E-state index is 5.38. The summed E-state index contributed by atoms with van der Waals surface area (Å²) in [6, 6.07) is 1.80. The van der Waals surface area contributed by atoms with Crippen molar-refractivity contribution in [1.82, 2.24) is 9.97 Å². The molecule has 0 bridgehead atoms. The fraction of sp³-hybridized carbons (Fsp3) is 0.571. The molecule has 18 heavy (non-hydrogen) atoms. The van der Waals surface area contributed by atoms with Gasteiger partial charge in [0.15, 0.2) is 6.61 Å². The molecule has 0 saturated heterocycles. The topological polar surface area (TPSA) is 47.0 Å². The van der Waals surface area contributed by atoms with Crippen molar-refractivity contribution in [3.63, 3.8) is 0 Å². The summed E-state index contributed by atoms with van der Waals surface area (Å²) in [6.07, 6.45) is 1.50. The Morgan fingerprint density at radius 3 is 2.78 bits per heavy atom. The first-order chi connectivity index (χ1) is 8.63. The van der Waals surface area contributed by atoms with Crippen molar-refractivity contribution in [1.29, 1.82) is 0 Å². The van der Waals surface area contributed by atoms with Gasteiger partial charge in [0.1, 0.15) is 12.1 Å². The van der Waals surface area contributed by atoms with E-state index in [-0.39, 0.29) is 0 Å². The van der Waals surface area contributed by atoms with Crippen LogP contribution in [0.3, 0.4) is 0 Å². The number of ether oxygens (including phenoxy) is 1. The van der Waals surface area contributed by atoms with E-state index in [1.807, 2.05) is 0 Å². The van der Waals surface area contributed by atoms with Crippen molar-refractivity contribution in [2.75, 3.05) is 18.5 Å². The Hall–Kier alpha value is -1.76. The smallest absolute Gasteiger partial charge is 0.219 e. The number of anilines is 1. The summed E-state index contributed by atoms with van der Waals surface area (Å²) < 4.78 is 5.38. The predicted octanol–water partition coefficient (Wildman–Crippen LogP) is 2.58. The monoisotopic (exact) mass is 247 g/mol. The highest BCUT2D eigenvalue weighted by atomic mass is 16.5. The number of hydrogen-bond donors (Lipinski definition) is 1. The quantitative estimate of drug-likeness (QED) is 0.785. The van der Waals surface area contributed by atoms with Gasteiger partial charge >= 0.3 is 0 Å². The summed E-state index contributed by atoms with van der Waals surface area (Å²) >= 11 is 0. The summed E-state index contributed by atoms with van der Waals surface area (Å²) in [6.45, 7) is 9.67. The normalized spacial score (nSPS) is 11.6. The average Bonchev–Trinajstić information content (AvgIpc) is 2.36. The third-order valence-corrected chi connectivity index (χ3v) is 2.85. The number of hydrogen-bond acceptors (Lipinski definition) is 4. The van der Waals surface area contributed by atoms with Gasteiger partial charge in [-0.2, -0.15) is 0 Å². The predicted molar refractivity (Wildman–Crippen MR) is 73.5 cm³/mol. The van der Waals surface area contributed by atoms with Gasteiger partial charge in [-0.05, 0) is 18.8 Å². The lowest BCUT2D eigenvalue weighted by Gasteiger charge is -2.16. The zero-order valence-electron chi connectivity index (χ0n) is 11.5. The minimum Gasteiger partial charge on any atom is -0.464 e. The lowest BCUT2D eigenvalue weighted by atomic mass is 9.98. The van der Waals surface area contributed by atoms with Crippen molar-refractivity contribution in [2.24, 2.45) is 11.8 Å². The Balaban J connectivity index is 2.50. The van der Waals surface area contributed by atoms with E-state index in [9.17, 15) is 0 Å². The second-order valence-electron chi connectivity index (χ2n) is 4.56. The molecule has 0 radical (unpaired) electrons. The van der Waals surface area contributed by atoms with Gasteiger partial charge in [-0.3, -0.25) is 0 Å². The van der Waals surface area contributed by atoms with E-state index in [4.69, 9.17) is 4.74 Å². The van der Waals surface area contributed by atoms with E-state index < -0.39 is 0 Å². The molecule has 1 unspecified atom stereocenters. The van der Waals surface area contributed by atoms with Crippen LogP contribution in [0.25, 0.3) is 0 Å². The lowest BCUT2D eigenvalue weighted by molar-refractivity contribution is 0.354. The van der Waals surface area contributed by atoms with Gasteiger partial charge < -0.3 is 10.1 Å². The van der Waals surface area contributed by atoms with Crippen LogP contribution in [0.1, 0.15) is 27.7 Å². The molecule has 1 N–H and O–H groups in total.